The summed E-state index contributed by atoms with van der Waals surface area (Å²) in [6.45, 7) is 9.72. The Balaban J connectivity index is 3.04. The lowest BCUT2D eigenvalue weighted by atomic mass is 10.3. The number of hydrogen-bond donors (Lipinski definition) is 3. The van der Waals surface area contributed by atoms with E-state index in [9.17, 15) is 8.42 Å². The highest BCUT2D eigenvalue weighted by Crippen LogP contribution is 2.17. The molecule has 0 aliphatic heterocycles. The summed E-state index contributed by atoms with van der Waals surface area (Å²) in [7, 11) is -3.51. The van der Waals surface area contributed by atoms with Gasteiger partial charge in [-0.3, -0.25) is 5.10 Å². The molecule has 0 bridgehead atoms. The van der Waals surface area contributed by atoms with Crippen molar-refractivity contribution in [1.82, 2.24) is 20.2 Å². The third-order valence-electron chi connectivity index (χ3n) is 2.30. The van der Waals surface area contributed by atoms with Crippen LogP contribution in [0.4, 0.5) is 0 Å². The number of hydrogen-bond acceptors (Lipinski definition) is 4. The molecule has 3 N–H and O–H groups in total. The Hall–Kier alpha value is -0.920. The summed E-state index contributed by atoms with van der Waals surface area (Å²) >= 11 is 0. The van der Waals surface area contributed by atoms with Crippen molar-refractivity contribution in [3.05, 3.63) is 11.4 Å². The second kappa shape index (κ2) is 5.81. The third kappa shape index (κ3) is 3.79. The van der Waals surface area contributed by atoms with Crippen LogP contribution in [0.3, 0.4) is 0 Å². The number of aromatic amines is 1. The lowest BCUT2D eigenvalue weighted by Crippen LogP contribution is -2.32. The molecule has 0 spiro atoms. The van der Waals surface area contributed by atoms with Crippen LogP contribution < -0.4 is 10.0 Å². The molecule has 0 atom stereocenters. The second-order valence-electron chi connectivity index (χ2n) is 4.94. The highest BCUT2D eigenvalue weighted by molar-refractivity contribution is 7.89. The van der Waals surface area contributed by atoms with Gasteiger partial charge in [-0.2, -0.15) is 5.10 Å². The first-order chi connectivity index (χ1) is 8.24. The van der Waals surface area contributed by atoms with Crippen molar-refractivity contribution in [1.29, 1.82) is 0 Å². The Morgan fingerprint density at radius 2 is 1.83 bits per heavy atom. The maximum atomic E-state index is 12.2. The van der Waals surface area contributed by atoms with Gasteiger partial charge in [-0.1, -0.05) is 13.8 Å². The molecule has 0 saturated carbocycles. The van der Waals surface area contributed by atoms with Gasteiger partial charge in [-0.25, -0.2) is 13.1 Å². The van der Waals surface area contributed by atoms with Gasteiger partial charge in [0.2, 0.25) is 10.0 Å². The fourth-order valence-electron chi connectivity index (χ4n) is 1.62. The fraction of sp³-hybridized carbons (Fsp3) is 0.727. The van der Waals surface area contributed by atoms with E-state index in [2.05, 4.69) is 20.2 Å². The van der Waals surface area contributed by atoms with E-state index in [4.69, 9.17) is 0 Å². The minimum absolute atomic E-state index is 0.143. The normalized spacial score (nSPS) is 12.6. The van der Waals surface area contributed by atoms with Crippen LogP contribution in [0.2, 0.25) is 0 Å². The molecule has 1 heterocycles. The number of aromatic nitrogens is 2. The first-order valence-electron chi connectivity index (χ1n) is 6.03. The Labute approximate surface area is 109 Å². The highest BCUT2D eigenvalue weighted by Gasteiger charge is 2.24. The molecule has 0 radical (unpaired) electrons. The average Bonchev–Trinajstić information content (AvgIpc) is 2.55. The number of nitrogens with one attached hydrogen (secondary N) is 3. The molecule has 104 valence electrons. The standard InChI is InChI=1S/C11H22N4O2S/c1-7(2)12-6-10-11(9(5)13-14-10)18(16,17)15-8(3)4/h7-8,12,15H,6H2,1-5H3,(H,13,14). The van der Waals surface area contributed by atoms with Crippen LogP contribution in [0.15, 0.2) is 4.90 Å². The maximum absolute atomic E-state index is 12.2. The molecular formula is C11H22N4O2S. The van der Waals surface area contributed by atoms with Crippen LogP contribution in [0.25, 0.3) is 0 Å². The van der Waals surface area contributed by atoms with E-state index in [0.717, 1.165) is 0 Å². The summed E-state index contributed by atoms with van der Waals surface area (Å²) < 4.78 is 27.0. The quantitative estimate of drug-likeness (QED) is 0.719. The zero-order chi connectivity index (χ0) is 13.9. The zero-order valence-corrected chi connectivity index (χ0v) is 12.4. The van der Waals surface area contributed by atoms with Crippen LogP contribution in [0.5, 0.6) is 0 Å². The van der Waals surface area contributed by atoms with Gasteiger partial charge in [0, 0.05) is 18.6 Å². The first-order valence-corrected chi connectivity index (χ1v) is 7.52. The molecule has 0 aromatic carbocycles. The van der Waals surface area contributed by atoms with Gasteiger partial charge in [-0.15, -0.1) is 0 Å². The van der Waals surface area contributed by atoms with Crippen molar-refractivity contribution >= 4 is 10.0 Å². The van der Waals surface area contributed by atoms with Gasteiger partial charge in [-0.05, 0) is 20.8 Å². The van der Waals surface area contributed by atoms with E-state index in [-0.39, 0.29) is 17.0 Å². The smallest absolute Gasteiger partial charge is 0.244 e. The molecule has 0 aliphatic carbocycles. The Bertz CT molecular complexity index is 491. The molecule has 6 nitrogen and oxygen atoms in total. The Kier molecular flexibility index (Phi) is 4.89. The molecule has 7 heteroatoms. The van der Waals surface area contributed by atoms with E-state index in [1.807, 2.05) is 13.8 Å². The second-order valence-corrected chi connectivity index (χ2v) is 6.59. The molecule has 18 heavy (non-hydrogen) atoms. The summed E-state index contributed by atoms with van der Waals surface area (Å²) in [5.74, 6) is 0. The molecule has 0 unspecified atom stereocenters. The molecule has 0 aliphatic rings. The molecule has 1 aromatic rings. The van der Waals surface area contributed by atoms with Crippen LogP contribution >= 0.6 is 0 Å². The van der Waals surface area contributed by atoms with E-state index in [1.165, 1.54) is 0 Å². The summed E-state index contributed by atoms with van der Waals surface area (Å²) in [6.07, 6.45) is 0. The molecule has 1 rings (SSSR count). The van der Waals surface area contributed by atoms with E-state index >= 15 is 0 Å². The fourth-order valence-corrected chi connectivity index (χ4v) is 3.23. The highest BCUT2D eigenvalue weighted by atomic mass is 32.2. The van der Waals surface area contributed by atoms with Gasteiger partial charge in [0.25, 0.3) is 0 Å². The van der Waals surface area contributed by atoms with Crippen LogP contribution in [-0.2, 0) is 16.6 Å². The van der Waals surface area contributed by atoms with Crippen molar-refractivity contribution in [3.8, 4) is 0 Å². The predicted molar refractivity (Wildman–Crippen MR) is 70.8 cm³/mol. The lowest BCUT2D eigenvalue weighted by molar-refractivity contribution is 0.557. The van der Waals surface area contributed by atoms with Crippen molar-refractivity contribution in [2.24, 2.45) is 0 Å². The summed E-state index contributed by atoms with van der Waals surface area (Å²) in [4.78, 5) is 0.254. The van der Waals surface area contributed by atoms with Gasteiger partial charge in [0.15, 0.2) is 0 Å². The Morgan fingerprint density at radius 1 is 1.22 bits per heavy atom. The van der Waals surface area contributed by atoms with Gasteiger partial charge in [0.1, 0.15) is 4.90 Å². The number of nitrogens with zero attached hydrogens (tertiary/aromatic N) is 1. The largest absolute Gasteiger partial charge is 0.309 e. The molecule has 1 aromatic heterocycles. The molecule has 0 fully saturated rings. The lowest BCUT2D eigenvalue weighted by Gasteiger charge is -2.11. The third-order valence-corrected chi connectivity index (χ3v) is 4.16. The number of aryl methyl sites for hydroxylation is 1. The van der Waals surface area contributed by atoms with Gasteiger partial charge < -0.3 is 5.32 Å². The number of sulfonamides is 1. The van der Waals surface area contributed by atoms with E-state index in [0.29, 0.717) is 17.9 Å². The SMILES string of the molecule is Cc1[nH]nc(CNC(C)C)c1S(=O)(=O)NC(C)C. The minimum Gasteiger partial charge on any atom is -0.309 e. The average molecular weight is 274 g/mol. The summed E-state index contributed by atoms with van der Waals surface area (Å²) in [5, 5.41) is 9.95. The van der Waals surface area contributed by atoms with Gasteiger partial charge >= 0.3 is 0 Å². The summed E-state index contributed by atoms with van der Waals surface area (Å²) in [5.41, 5.74) is 1.08. The Morgan fingerprint density at radius 3 is 2.33 bits per heavy atom. The van der Waals surface area contributed by atoms with Crippen LogP contribution in [0.1, 0.15) is 39.1 Å². The van der Waals surface area contributed by atoms with Crippen molar-refractivity contribution in [2.75, 3.05) is 0 Å². The first kappa shape index (κ1) is 15.1. The minimum atomic E-state index is -3.51. The topological polar surface area (TPSA) is 86.9 Å². The van der Waals surface area contributed by atoms with Crippen molar-refractivity contribution < 1.29 is 8.42 Å². The van der Waals surface area contributed by atoms with E-state index < -0.39 is 10.0 Å². The van der Waals surface area contributed by atoms with Crippen LogP contribution in [-0.4, -0.2) is 30.7 Å². The number of rotatable bonds is 6. The molecule has 0 saturated heterocycles. The number of H-pyrrole nitrogens is 1. The molecular weight excluding hydrogens is 252 g/mol. The van der Waals surface area contributed by atoms with Gasteiger partial charge in [0.05, 0.1) is 11.4 Å². The summed E-state index contributed by atoms with van der Waals surface area (Å²) in [6, 6.07) is 0.130. The van der Waals surface area contributed by atoms with Crippen molar-refractivity contribution in [2.45, 2.75) is 58.1 Å². The maximum Gasteiger partial charge on any atom is 0.244 e. The predicted octanol–water partition coefficient (Wildman–Crippen LogP) is 0.903. The molecule has 0 amide bonds. The van der Waals surface area contributed by atoms with Crippen LogP contribution in [0, 0.1) is 6.92 Å². The monoisotopic (exact) mass is 274 g/mol. The zero-order valence-electron chi connectivity index (χ0n) is 11.5. The van der Waals surface area contributed by atoms with Crippen molar-refractivity contribution in [3.63, 3.8) is 0 Å². The van der Waals surface area contributed by atoms with E-state index in [1.54, 1.807) is 20.8 Å².